The molecule has 0 saturated heterocycles. The second kappa shape index (κ2) is 7.17. The van der Waals surface area contributed by atoms with Crippen molar-refractivity contribution in [3.05, 3.63) is 35.7 Å². The molecule has 0 heterocycles. The predicted molar refractivity (Wildman–Crippen MR) is 63.7 cm³/mol. The average Bonchev–Trinajstić information content (AvgIpc) is 2.16. The molecule has 0 aliphatic heterocycles. The van der Waals surface area contributed by atoms with E-state index >= 15 is 0 Å². The van der Waals surface area contributed by atoms with Crippen molar-refractivity contribution in [2.75, 3.05) is 6.26 Å². The van der Waals surface area contributed by atoms with E-state index in [1.165, 1.54) is 30.0 Å². The average molecular weight is 228 g/mol. The SMILES string of the molecule is C=C/C=C(\O)C(=O)/C=C(/OC(C)C)SC. The zero-order valence-corrected chi connectivity index (χ0v) is 10.0. The molecule has 3 nitrogen and oxygen atoms in total. The molecule has 0 rings (SSSR count). The van der Waals surface area contributed by atoms with E-state index in [0.717, 1.165) is 0 Å². The fraction of sp³-hybridized carbons (Fsp3) is 0.364. The molecule has 0 aromatic rings. The van der Waals surface area contributed by atoms with Crippen molar-refractivity contribution in [3.63, 3.8) is 0 Å². The Balaban J connectivity index is 4.62. The van der Waals surface area contributed by atoms with Gasteiger partial charge >= 0.3 is 0 Å². The van der Waals surface area contributed by atoms with Crippen LogP contribution < -0.4 is 0 Å². The second-order valence-electron chi connectivity index (χ2n) is 2.99. The Morgan fingerprint density at radius 2 is 2.13 bits per heavy atom. The van der Waals surface area contributed by atoms with Crippen molar-refractivity contribution in [1.29, 1.82) is 0 Å². The summed E-state index contributed by atoms with van der Waals surface area (Å²) in [5.74, 6) is -0.830. The lowest BCUT2D eigenvalue weighted by Gasteiger charge is -2.10. The quantitative estimate of drug-likeness (QED) is 0.431. The lowest BCUT2D eigenvalue weighted by Crippen LogP contribution is -2.04. The number of ketones is 1. The van der Waals surface area contributed by atoms with Crippen LogP contribution >= 0.6 is 11.8 Å². The zero-order chi connectivity index (χ0) is 11.8. The van der Waals surface area contributed by atoms with E-state index in [2.05, 4.69) is 6.58 Å². The molecule has 0 fully saturated rings. The molecular weight excluding hydrogens is 212 g/mol. The van der Waals surface area contributed by atoms with Gasteiger partial charge < -0.3 is 9.84 Å². The highest BCUT2D eigenvalue weighted by Gasteiger charge is 2.07. The number of aliphatic hydroxyl groups excluding tert-OH is 1. The van der Waals surface area contributed by atoms with Gasteiger partial charge in [-0.1, -0.05) is 24.4 Å². The van der Waals surface area contributed by atoms with Gasteiger partial charge in [-0.15, -0.1) is 0 Å². The highest BCUT2D eigenvalue weighted by atomic mass is 32.2. The van der Waals surface area contributed by atoms with E-state index in [-0.39, 0.29) is 11.9 Å². The molecule has 0 aliphatic rings. The Kier molecular flexibility index (Phi) is 6.62. The van der Waals surface area contributed by atoms with Crippen molar-refractivity contribution >= 4 is 17.5 Å². The minimum absolute atomic E-state index is 0.00188. The summed E-state index contributed by atoms with van der Waals surface area (Å²) in [6, 6.07) is 0. The van der Waals surface area contributed by atoms with E-state index < -0.39 is 5.78 Å². The van der Waals surface area contributed by atoms with Crippen LogP contribution in [0.15, 0.2) is 35.7 Å². The normalized spacial score (nSPS) is 12.8. The number of ether oxygens (including phenoxy) is 1. The van der Waals surface area contributed by atoms with Crippen LogP contribution in [0.2, 0.25) is 0 Å². The van der Waals surface area contributed by atoms with Gasteiger partial charge in [0.15, 0.2) is 10.9 Å². The van der Waals surface area contributed by atoms with E-state index in [9.17, 15) is 9.90 Å². The molecular formula is C11H16O3S. The third kappa shape index (κ3) is 6.01. The van der Waals surface area contributed by atoms with Crippen LogP contribution in [-0.2, 0) is 9.53 Å². The first-order chi connectivity index (χ1) is 7.01. The fourth-order valence-electron chi connectivity index (χ4n) is 0.748. The van der Waals surface area contributed by atoms with Crippen molar-refractivity contribution < 1.29 is 14.6 Å². The van der Waals surface area contributed by atoms with E-state index in [0.29, 0.717) is 5.09 Å². The van der Waals surface area contributed by atoms with E-state index in [4.69, 9.17) is 4.74 Å². The van der Waals surface area contributed by atoms with Crippen LogP contribution in [0.3, 0.4) is 0 Å². The Hall–Kier alpha value is -1.16. The van der Waals surface area contributed by atoms with Crippen LogP contribution in [0.4, 0.5) is 0 Å². The van der Waals surface area contributed by atoms with Gasteiger partial charge in [0, 0.05) is 6.08 Å². The molecule has 0 aromatic carbocycles. The minimum Gasteiger partial charge on any atom is -0.504 e. The summed E-state index contributed by atoms with van der Waals surface area (Å²) in [4.78, 5) is 11.3. The van der Waals surface area contributed by atoms with Crippen LogP contribution in [0.25, 0.3) is 0 Å². The first-order valence-electron chi connectivity index (χ1n) is 4.49. The van der Waals surface area contributed by atoms with Gasteiger partial charge in [0.05, 0.1) is 6.10 Å². The smallest absolute Gasteiger partial charge is 0.224 e. The number of carbonyl (C=O) groups excluding carboxylic acids is 1. The topological polar surface area (TPSA) is 46.5 Å². The molecule has 0 radical (unpaired) electrons. The number of allylic oxidation sites excluding steroid dienone is 3. The highest BCUT2D eigenvalue weighted by molar-refractivity contribution is 8.02. The Bertz CT molecular complexity index is 290. The van der Waals surface area contributed by atoms with Crippen LogP contribution in [0.1, 0.15) is 13.8 Å². The van der Waals surface area contributed by atoms with Crippen LogP contribution in [0.5, 0.6) is 0 Å². The summed E-state index contributed by atoms with van der Waals surface area (Å²) in [5, 5.41) is 9.71. The number of carbonyl (C=O) groups is 1. The van der Waals surface area contributed by atoms with Gasteiger partial charge in [0.1, 0.15) is 0 Å². The largest absolute Gasteiger partial charge is 0.504 e. The molecule has 0 aliphatic carbocycles. The lowest BCUT2D eigenvalue weighted by molar-refractivity contribution is -0.113. The van der Waals surface area contributed by atoms with Crippen molar-refractivity contribution in [2.45, 2.75) is 20.0 Å². The maximum absolute atomic E-state index is 11.3. The van der Waals surface area contributed by atoms with Gasteiger partial charge in [-0.2, -0.15) is 0 Å². The highest BCUT2D eigenvalue weighted by Crippen LogP contribution is 2.16. The molecule has 0 aromatic heterocycles. The van der Waals surface area contributed by atoms with Gasteiger partial charge in [-0.3, -0.25) is 4.79 Å². The second-order valence-corrected chi connectivity index (χ2v) is 3.80. The number of thioether (sulfide) groups is 1. The summed E-state index contributed by atoms with van der Waals surface area (Å²) in [7, 11) is 0. The first-order valence-corrected chi connectivity index (χ1v) is 5.72. The summed E-state index contributed by atoms with van der Waals surface area (Å²) in [5.41, 5.74) is 0. The fourth-order valence-corrected chi connectivity index (χ4v) is 1.26. The van der Waals surface area contributed by atoms with Crippen molar-refractivity contribution in [1.82, 2.24) is 0 Å². The zero-order valence-electron chi connectivity index (χ0n) is 9.19. The number of rotatable bonds is 6. The number of hydrogen-bond acceptors (Lipinski definition) is 4. The van der Waals surface area contributed by atoms with Gasteiger partial charge in [0.2, 0.25) is 5.78 Å². The summed E-state index contributed by atoms with van der Waals surface area (Å²) < 4.78 is 5.34. The third-order valence-corrected chi connectivity index (χ3v) is 1.95. The van der Waals surface area contributed by atoms with Crippen LogP contribution in [0, 0.1) is 0 Å². The molecule has 4 heteroatoms. The maximum Gasteiger partial charge on any atom is 0.224 e. The van der Waals surface area contributed by atoms with Gasteiger partial charge in [-0.25, -0.2) is 0 Å². The maximum atomic E-state index is 11.3. The standard InChI is InChI=1S/C11H16O3S/c1-5-6-9(12)10(13)7-11(15-4)14-8(2)3/h5-8,12H,1H2,2-4H3/b9-6-,11-7-. The molecule has 84 valence electrons. The third-order valence-electron chi connectivity index (χ3n) is 1.33. The number of hydrogen-bond donors (Lipinski definition) is 1. The first kappa shape index (κ1) is 13.8. The summed E-state index contributed by atoms with van der Waals surface area (Å²) in [6.45, 7) is 7.12. The molecule has 0 atom stereocenters. The molecule has 0 unspecified atom stereocenters. The molecule has 0 saturated carbocycles. The van der Waals surface area contributed by atoms with E-state index in [1.54, 1.807) is 6.26 Å². The van der Waals surface area contributed by atoms with E-state index in [1.807, 2.05) is 13.8 Å². The van der Waals surface area contributed by atoms with Gasteiger partial charge in [0.25, 0.3) is 0 Å². The molecule has 0 bridgehead atoms. The number of aliphatic hydroxyl groups is 1. The lowest BCUT2D eigenvalue weighted by atomic mass is 10.3. The molecule has 0 spiro atoms. The molecule has 1 N–H and O–H groups in total. The van der Waals surface area contributed by atoms with Crippen molar-refractivity contribution in [2.24, 2.45) is 0 Å². The Morgan fingerprint density at radius 1 is 1.53 bits per heavy atom. The Labute approximate surface area is 94.5 Å². The van der Waals surface area contributed by atoms with Gasteiger partial charge in [-0.05, 0) is 26.2 Å². The monoisotopic (exact) mass is 228 g/mol. The minimum atomic E-state index is -0.486. The predicted octanol–water partition coefficient (Wildman–Crippen LogP) is 2.81. The molecule has 0 amide bonds. The molecule has 15 heavy (non-hydrogen) atoms. The van der Waals surface area contributed by atoms with Crippen molar-refractivity contribution in [3.8, 4) is 0 Å². The summed E-state index contributed by atoms with van der Waals surface area (Å²) >= 11 is 1.32. The van der Waals surface area contributed by atoms with Crippen LogP contribution in [-0.4, -0.2) is 23.2 Å². The summed E-state index contributed by atoms with van der Waals surface area (Å²) in [6.07, 6.45) is 5.66. The Morgan fingerprint density at radius 3 is 2.53 bits per heavy atom.